The molecule has 1 aromatic carbocycles. The van der Waals surface area contributed by atoms with Gasteiger partial charge in [0.05, 0.1) is 17.9 Å². The molecule has 6 nitrogen and oxygen atoms in total. The Labute approximate surface area is 168 Å². The molecule has 1 aromatic heterocycles. The zero-order chi connectivity index (χ0) is 19.7. The Bertz CT molecular complexity index is 972. The van der Waals surface area contributed by atoms with Gasteiger partial charge in [-0.05, 0) is 68.4 Å². The zero-order valence-corrected chi connectivity index (χ0v) is 16.9. The van der Waals surface area contributed by atoms with E-state index < -0.39 is 5.97 Å². The lowest BCUT2D eigenvalue weighted by Gasteiger charge is -2.36. The van der Waals surface area contributed by atoms with Crippen LogP contribution in [0.2, 0.25) is 0 Å². The van der Waals surface area contributed by atoms with Crippen molar-refractivity contribution in [3.63, 3.8) is 0 Å². The number of anilines is 1. The fraction of sp³-hybridized carbons (Fsp3) is 0.429. The van der Waals surface area contributed by atoms with Gasteiger partial charge in [-0.1, -0.05) is 0 Å². The number of hydrogen-bond donors (Lipinski definition) is 0. The van der Waals surface area contributed by atoms with Crippen LogP contribution in [-0.2, 0) is 17.6 Å². The summed E-state index contributed by atoms with van der Waals surface area (Å²) in [4.78, 5) is 15.0. The molecule has 7 heteroatoms. The second-order valence-electron chi connectivity index (χ2n) is 7.08. The number of nitriles is 1. The molecule has 4 rings (SSSR count). The molecule has 0 spiro atoms. The summed E-state index contributed by atoms with van der Waals surface area (Å²) in [5.74, 6) is -0.416. The predicted molar refractivity (Wildman–Crippen MR) is 109 cm³/mol. The molecule has 0 unspecified atom stereocenters. The minimum absolute atomic E-state index is 0.295. The SMILES string of the molecule is CCOC(=O)c1sc(N=Nc2cc3c4c(c2)CCCN4CCC3)c(C#N)c1C. The molecule has 0 saturated carbocycles. The Balaban J connectivity index is 1.68. The van der Waals surface area contributed by atoms with Crippen molar-refractivity contribution in [2.24, 2.45) is 10.2 Å². The van der Waals surface area contributed by atoms with Crippen LogP contribution in [0.5, 0.6) is 0 Å². The number of rotatable bonds is 4. The summed E-state index contributed by atoms with van der Waals surface area (Å²) in [5.41, 5.74) is 5.88. The lowest BCUT2D eigenvalue weighted by Crippen LogP contribution is -2.34. The second-order valence-corrected chi connectivity index (χ2v) is 8.07. The predicted octanol–water partition coefficient (Wildman–Crippen LogP) is 5.22. The first kappa shape index (κ1) is 18.6. The van der Waals surface area contributed by atoms with Crippen molar-refractivity contribution in [2.45, 2.75) is 39.5 Å². The number of carbonyl (C=O) groups is 1. The molecule has 0 aliphatic carbocycles. The number of thiophene rings is 1. The Morgan fingerprint density at radius 2 is 1.93 bits per heavy atom. The topological polar surface area (TPSA) is 78.0 Å². The molecule has 0 fully saturated rings. The summed E-state index contributed by atoms with van der Waals surface area (Å²) in [7, 11) is 0. The van der Waals surface area contributed by atoms with Gasteiger partial charge in [0.1, 0.15) is 10.9 Å². The molecule has 0 radical (unpaired) electrons. The van der Waals surface area contributed by atoms with Crippen molar-refractivity contribution in [3.05, 3.63) is 39.3 Å². The number of hydrogen-bond acceptors (Lipinski definition) is 7. The smallest absolute Gasteiger partial charge is 0.348 e. The number of benzene rings is 1. The molecular weight excluding hydrogens is 372 g/mol. The zero-order valence-electron chi connectivity index (χ0n) is 16.1. The molecule has 0 atom stereocenters. The van der Waals surface area contributed by atoms with Gasteiger partial charge in [0, 0.05) is 18.8 Å². The van der Waals surface area contributed by atoms with Crippen LogP contribution < -0.4 is 4.90 Å². The lowest BCUT2D eigenvalue weighted by molar-refractivity contribution is 0.0531. The quantitative estimate of drug-likeness (QED) is 0.526. The largest absolute Gasteiger partial charge is 0.462 e. The third-order valence-corrected chi connectivity index (χ3v) is 6.43. The molecule has 2 aromatic rings. The third-order valence-electron chi connectivity index (χ3n) is 5.27. The highest BCUT2D eigenvalue weighted by molar-refractivity contribution is 7.18. The standard InChI is InChI=1S/C21H22N4O2S/c1-3-27-21(26)19-13(2)17(12-22)20(28-19)24-23-16-10-14-6-4-8-25-9-5-7-15(11-16)18(14)25/h10-11H,3-9H2,1-2H3. The summed E-state index contributed by atoms with van der Waals surface area (Å²) < 4.78 is 5.08. The number of nitrogens with zero attached hydrogens (tertiary/aromatic N) is 4. The van der Waals surface area contributed by atoms with Crippen LogP contribution in [0.4, 0.5) is 16.4 Å². The van der Waals surface area contributed by atoms with Gasteiger partial charge in [-0.3, -0.25) is 0 Å². The van der Waals surface area contributed by atoms with Crippen LogP contribution in [0.1, 0.15) is 51.7 Å². The third kappa shape index (κ3) is 3.29. The molecule has 0 saturated heterocycles. The van der Waals surface area contributed by atoms with E-state index in [2.05, 4.69) is 33.3 Å². The minimum atomic E-state index is -0.416. The molecule has 2 aliphatic heterocycles. The van der Waals surface area contributed by atoms with Gasteiger partial charge in [0.25, 0.3) is 0 Å². The summed E-state index contributed by atoms with van der Waals surface area (Å²) in [6, 6.07) is 6.37. The Morgan fingerprint density at radius 3 is 2.54 bits per heavy atom. The van der Waals surface area contributed by atoms with Crippen molar-refractivity contribution in [3.8, 4) is 6.07 Å². The monoisotopic (exact) mass is 394 g/mol. The van der Waals surface area contributed by atoms with Gasteiger partial charge in [0.2, 0.25) is 0 Å². The fourth-order valence-electron chi connectivity index (χ4n) is 4.04. The van der Waals surface area contributed by atoms with E-state index in [0.717, 1.165) is 43.0 Å². The van der Waals surface area contributed by atoms with Gasteiger partial charge >= 0.3 is 5.97 Å². The number of esters is 1. The maximum Gasteiger partial charge on any atom is 0.348 e. The lowest BCUT2D eigenvalue weighted by atomic mass is 9.91. The van der Waals surface area contributed by atoms with Gasteiger partial charge < -0.3 is 9.64 Å². The van der Waals surface area contributed by atoms with E-state index in [1.807, 2.05) is 0 Å². The molecule has 2 aliphatic rings. The van der Waals surface area contributed by atoms with Crippen molar-refractivity contribution in [1.82, 2.24) is 0 Å². The van der Waals surface area contributed by atoms with Gasteiger partial charge in [0.15, 0.2) is 5.00 Å². The van der Waals surface area contributed by atoms with E-state index in [4.69, 9.17) is 4.74 Å². The van der Waals surface area contributed by atoms with Gasteiger partial charge in [-0.25, -0.2) is 4.79 Å². The van der Waals surface area contributed by atoms with Crippen LogP contribution in [0, 0.1) is 18.3 Å². The number of aryl methyl sites for hydroxylation is 2. The highest BCUT2D eigenvalue weighted by Crippen LogP contribution is 2.40. The minimum Gasteiger partial charge on any atom is -0.462 e. The molecule has 144 valence electrons. The van der Waals surface area contributed by atoms with Crippen molar-refractivity contribution >= 4 is 33.7 Å². The average Bonchev–Trinajstić information content (AvgIpc) is 3.02. The number of ether oxygens (including phenoxy) is 1. The number of azo groups is 1. The second kappa shape index (κ2) is 7.72. The van der Waals surface area contributed by atoms with Crippen molar-refractivity contribution in [2.75, 3.05) is 24.6 Å². The normalized spacial score (nSPS) is 15.4. The first-order valence-electron chi connectivity index (χ1n) is 9.65. The molecule has 0 bridgehead atoms. The van der Waals surface area contributed by atoms with E-state index in [1.165, 1.54) is 29.7 Å². The van der Waals surface area contributed by atoms with Crippen molar-refractivity contribution < 1.29 is 9.53 Å². The van der Waals surface area contributed by atoms with Crippen molar-refractivity contribution in [1.29, 1.82) is 5.26 Å². The highest BCUT2D eigenvalue weighted by atomic mass is 32.1. The van der Waals surface area contributed by atoms with E-state index >= 15 is 0 Å². The Hall–Kier alpha value is -2.72. The summed E-state index contributed by atoms with van der Waals surface area (Å²) in [6.45, 7) is 6.08. The summed E-state index contributed by atoms with van der Waals surface area (Å²) in [6.07, 6.45) is 4.46. The van der Waals surface area contributed by atoms with Crippen LogP contribution in [-0.4, -0.2) is 25.7 Å². The first-order valence-corrected chi connectivity index (χ1v) is 10.5. The van der Waals surface area contributed by atoms with Crippen LogP contribution >= 0.6 is 11.3 Å². The summed E-state index contributed by atoms with van der Waals surface area (Å²) >= 11 is 1.16. The molecular formula is C21H22N4O2S. The van der Waals surface area contributed by atoms with Gasteiger partial charge in [-0.2, -0.15) is 5.26 Å². The Morgan fingerprint density at radius 1 is 1.25 bits per heavy atom. The molecule has 28 heavy (non-hydrogen) atoms. The van der Waals surface area contributed by atoms with Crippen LogP contribution in [0.3, 0.4) is 0 Å². The fourth-order valence-corrected chi connectivity index (χ4v) is 5.01. The van der Waals surface area contributed by atoms with E-state index in [0.29, 0.717) is 27.6 Å². The average molecular weight is 395 g/mol. The van der Waals surface area contributed by atoms with E-state index in [9.17, 15) is 10.1 Å². The van der Waals surface area contributed by atoms with E-state index in [-0.39, 0.29) is 0 Å². The van der Waals surface area contributed by atoms with E-state index in [1.54, 1.807) is 13.8 Å². The maximum absolute atomic E-state index is 12.1. The van der Waals surface area contributed by atoms with Crippen LogP contribution in [0.15, 0.2) is 22.4 Å². The molecule has 0 amide bonds. The number of carbonyl (C=O) groups excluding carboxylic acids is 1. The highest BCUT2D eigenvalue weighted by Gasteiger charge is 2.24. The molecule has 3 heterocycles. The maximum atomic E-state index is 12.1. The summed E-state index contributed by atoms with van der Waals surface area (Å²) in [5, 5.41) is 18.7. The first-order chi connectivity index (χ1) is 13.6. The Kier molecular flexibility index (Phi) is 5.14. The van der Waals surface area contributed by atoms with Crippen LogP contribution in [0.25, 0.3) is 0 Å². The molecule has 0 N–H and O–H groups in total. The van der Waals surface area contributed by atoms with Gasteiger partial charge in [-0.15, -0.1) is 21.6 Å².